The lowest BCUT2D eigenvalue weighted by Gasteiger charge is -2.34. The highest BCUT2D eigenvalue weighted by Gasteiger charge is 2.24. The zero-order valence-electron chi connectivity index (χ0n) is 17.4. The van der Waals surface area contributed by atoms with Gasteiger partial charge in [0.2, 0.25) is 5.91 Å². The molecule has 6 nitrogen and oxygen atoms in total. The molecule has 2 aliphatic rings. The summed E-state index contributed by atoms with van der Waals surface area (Å²) in [6, 6.07) is 13.3. The van der Waals surface area contributed by atoms with Gasteiger partial charge in [0.1, 0.15) is 0 Å². The Morgan fingerprint density at radius 3 is 2.50 bits per heavy atom. The summed E-state index contributed by atoms with van der Waals surface area (Å²) in [5.41, 5.74) is 2.40. The first-order valence-electron chi connectivity index (χ1n) is 11.0. The Balaban J connectivity index is 1.31. The molecule has 1 saturated carbocycles. The maximum absolute atomic E-state index is 13.0. The summed E-state index contributed by atoms with van der Waals surface area (Å²) in [6.07, 6.45) is 7.23. The minimum atomic E-state index is 0.0289. The van der Waals surface area contributed by atoms with E-state index in [-0.39, 0.29) is 17.7 Å². The van der Waals surface area contributed by atoms with Gasteiger partial charge >= 0.3 is 0 Å². The molecule has 2 heterocycles. The number of carbonyl (C=O) groups is 2. The summed E-state index contributed by atoms with van der Waals surface area (Å²) in [7, 11) is 0. The highest BCUT2D eigenvalue weighted by molar-refractivity contribution is 5.97. The number of piperazine rings is 1. The van der Waals surface area contributed by atoms with Crippen LogP contribution in [0.25, 0.3) is 0 Å². The Hall–Kier alpha value is -2.73. The highest BCUT2D eigenvalue weighted by atomic mass is 16.2. The number of hydrogen-bond acceptors (Lipinski definition) is 4. The van der Waals surface area contributed by atoms with E-state index < -0.39 is 0 Å². The van der Waals surface area contributed by atoms with E-state index in [2.05, 4.69) is 15.2 Å². The highest BCUT2D eigenvalue weighted by Crippen LogP contribution is 2.25. The molecule has 4 rings (SSSR count). The largest absolute Gasteiger partial charge is 0.336 e. The quantitative estimate of drug-likeness (QED) is 0.825. The van der Waals surface area contributed by atoms with Gasteiger partial charge in [-0.15, -0.1) is 0 Å². The summed E-state index contributed by atoms with van der Waals surface area (Å²) < 4.78 is 0. The number of rotatable bonds is 5. The van der Waals surface area contributed by atoms with Crippen LogP contribution in [0, 0.1) is 5.92 Å². The van der Waals surface area contributed by atoms with E-state index in [0.717, 1.165) is 51.0 Å². The maximum atomic E-state index is 13.0. The molecular weight excluding hydrogens is 376 g/mol. The minimum absolute atomic E-state index is 0.0289. The van der Waals surface area contributed by atoms with Gasteiger partial charge in [0.25, 0.3) is 5.91 Å². The number of amides is 2. The molecule has 2 amide bonds. The van der Waals surface area contributed by atoms with E-state index in [1.165, 1.54) is 6.42 Å². The van der Waals surface area contributed by atoms with Gasteiger partial charge in [-0.25, -0.2) is 0 Å². The first-order valence-corrected chi connectivity index (χ1v) is 11.0. The summed E-state index contributed by atoms with van der Waals surface area (Å²) >= 11 is 0. The van der Waals surface area contributed by atoms with Crippen molar-refractivity contribution in [1.29, 1.82) is 0 Å². The Morgan fingerprint density at radius 1 is 0.967 bits per heavy atom. The first kappa shape index (κ1) is 20.5. The van der Waals surface area contributed by atoms with Crippen LogP contribution in [-0.4, -0.2) is 52.8 Å². The van der Waals surface area contributed by atoms with Crippen molar-refractivity contribution >= 4 is 17.5 Å². The number of benzene rings is 1. The fourth-order valence-corrected chi connectivity index (χ4v) is 4.35. The third kappa shape index (κ3) is 5.25. The number of hydrogen-bond donors (Lipinski definition) is 1. The fraction of sp³-hybridized carbons (Fsp3) is 0.458. The second kappa shape index (κ2) is 9.85. The molecule has 158 valence electrons. The average Bonchev–Trinajstić information content (AvgIpc) is 2.80. The molecule has 0 bridgehead atoms. The van der Waals surface area contributed by atoms with E-state index in [0.29, 0.717) is 24.3 Å². The summed E-state index contributed by atoms with van der Waals surface area (Å²) in [4.78, 5) is 34.1. The van der Waals surface area contributed by atoms with Gasteiger partial charge in [-0.2, -0.15) is 0 Å². The van der Waals surface area contributed by atoms with Crippen molar-refractivity contribution in [1.82, 2.24) is 14.8 Å². The van der Waals surface area contributed by atoms with Crippen molar-refractivity contribution in [3.63, 3.8) is 0 Å². The monoisotopic (exact) mass is 406 g/mol. The van der Waals surface area contributed by atoms with Gasteiger partial charge in [0.05, 0.1) is 5.69 Å². The van der Waals surface area contributed by atoms with E-state index in [9.17, 15) is 9.59 Å². The van der Waals surface area contributed by atoms with Crippen molar-refractivity contribution < 1.29 is 9.59 Å². The smallest absolute Gasteiger partial charge is 0.254 e. The molecule has 1 aliphatic carbocycles. The SMILES string of the molecule is O=C(Nc1cccc(C(=O)N2CCN(Cc3ccccn3)CC2)c1)C1CCCCC1. The lowest BCUT2D eigenvalue weighted by atomic mass is 9.88. The zero-order chi connectivity index (χ0) is 20.8. The molecule has 0 atom stereocenters. The standard InChI is InChI=1S/C24H30N4O2/c29-23(19-7-2-1-3-8-19)26-21-11-6-9-20(17-21)24(30)28-15-13-27(14-16-28)18-22-10-4-5-12-25-22/h4-6,9-12,17,19H,1-3,7-8,13-16,18H2,(H,26,29). The van der Waals surface area contributed by atoms with E-state index in [1.807, 2.05) is 53.6 Å². The van der Waals surface area contributed by atoms with Crippen molar-refractivity contribution in [2.24, 2.45) is 5.92 Å². The Morgan fingerprint density at radius 2 is 1.77 bits per heavy atom. The summed E-state index contributed by atoms with van der Waals surface area (Å²) in [5, 5.41) is 3.02. The molecule has 0 unspecified atom stereocenters. The van der Waals surface area contributed by atoms with E-state index in [4.69, 9.17) is 0 Å². The van der Waals surface area contributed by atoms with Crippen LogP contribution in [0.15, 0.2) is 48.7 Å². The third-order valence-corrected chi connectivity index (χ3v) is 6.12. The molecule has 0 radical (unpaired) electrons. The van der Waals surface area contributed by atoms with E-state index in [1.54, 1.807) is 0 Å². The van der Waals surface area contributed by atoms with Gasteiger partial charge < -0.3 is 10.2 Å². The Bertz CT molecular complexity index is 857. The van der Waals surface area contributed by atoms with Crippen molar-refractivity contribution in [2.75, 3.05) is 31.5 Å². The normalized spacial score (nSPS) is 18.2. The number of carbonyl (C=O) groups excluding carboxylic acids is 2. The molecular formula is C24H30N4O2. The molecule has 1 N–H and O–H groups in total. The lowest BCUT2D eigenvalue weighted by molar-refractivity contribution is -0.120. The first-order chi connectivity index (χ1) is 14.7. The van der Waals surface area contributed by atoms with Gasteiger partial charge in [0.15, 0.2) is 0 Å². The molecule has 1 aliphatic heterocycles. The fourth-order valence-electron chi connectivity index (χ4n) is 4.35. The number of aromatic nitrogens is 1. The molecule has 2 fully saturated rings. The summed E-state index contributed by atoms with van der Waals surface area (Å²) in [5.74, 6) is 0.217. The molecule has 6 heteroatoms. The predicted octanol–water partition coefficient (Wildman–Crippen LogP) is 3.56. The number of anilines is 1. The molecule has 0 spiro atoms. The van der Waals surface area contributed by atoms with Crippen molar-refractivity contribution in [3.8, 4) is 0 Å². The van der Waals surface area contributed by atoms with Crippen molar-refractivity contribution in [3.05, 3.63) is 59.9 Å². The zero-order valence-corrected chi connectivity index (χ0v) is 17.4. The molecule has 30 heavy (non-hydrogen) atoms. The summed E-state index contributed by atoms with van der Waals surface area (Å²) in [6.45, 7) is 3.88. The molecule has 1 saturated heterocycles. The van der Waals surface area contributed by atoms with Crippen LogP contribution in [0.3, 0.4) is 0 Å². The van der Waals surface area contributed by atoms with Crippen LogP contribution in [0.2, 0.25) is 0 Å². The van der Waals surface area contributed by atoms with Crippen LogP contribution in [0.1, 0.15) is 48.2 Å². The topological polar surface area (TPSA) is 65.5 Å². The van der Waals surface area contributed by atoms with Crippen LogP contribution >= 0.6 is 0 Å². The second-order valence-electron chi connectivity index (χ2n) is 8.29. The maximum Gasteiger partial charge on any atom is 0.254 e. The predicted molar refractivity (Wildman–Crippen MR) is 117 cm³/mol. The lowest BCUT2D eigenvalue weighted by Crippen LogP contribution is -2.48. The van der Waals surface area contributed by atoms with Crippen LogP contribution in [0.5, 0.6) is 0 Å². The minimum Gasteiger partial charge on any atom is -0.336 e. The van der Waals surface area contributed by atoms with Gasteiger partial charge in [-0.1, -0.05) is 31.4 Å². The molecule has 1 aromatic carbocycles. The second-order valence-corrected chi connectivity index (χ2v) is 8.29. The Labute approximate surface area is 178 Å². The average molecular weight is 407 g/mol. The third-order valence-electron chi connectivity index (χ3n) is 6.12. The van der Waals surface area contributed by atoms with Crippen LogP contribution < -0.4 is 5.32 Å². The van der Waals surface area contributed by atoms with Crippen molar-refractivity contribution in [2.45, 2.75) is 38.6 Å². The van der Waals surface area contributed by atoms with Crippen LogP contribution in [0.4, 0.5) is 5.69 Å². The van der Waals surface area contributed by atoms with Gasteiger partial charge in [-0.3, -0.25) is 19.5 Å². The van der Waals surface area contributed by atoms with Crippen LogP contribution in [-0.2, 0) is 11.3 Å². The van der Waals surface area contributed by atoms with Gasteiger partial charge in [0, 0.05) is 56.1 Å². The van der Waals surface area contributed by atoms with E-state index >= 15 is 0 Å². The number of nitrogens with one attached hydrogen (secondary N) is 1. The molecule has 2 aromatic rings. The number of nitrogens with zero attached hydrogens (tertiary/aromatic N) is 3. The molecule has 1 aromatic heterocycles. The van der Waals surface area contributed by atoms with Gasteiger partial charge in [-0.05, 0) is 43.2 Å². The number of pyridine rings is 1. The Kier molecular flexibility index (Phi) is 6.74.